The number of amides is 1. The van der Waals surface area contributed by atoms with Gasteiger partial charge in [0.2, 0.25) is 0 Å². The normalized spacial score (nSPS) is 16.2. The molecule has 0 unspecified atom stereocenters. The SMILES string of the molecule is CC(C)(O)c1cc(N/C=C\C(N)=NC(=O)C2(c3ccccc3F)CC2)ccn1. The van der Waals surface area contributed by atoms with Crippen molar-refractivity contribution >= 4 is 17.4 Å². The van der Waals surface area contributed by atoms with Gasteiger partial charge in [0.05, 0.1) is 11.1 Å². The molecular formula is C21H23FN4O2. The van der Waals surface area contributed by atoms with Crippen LogP contribution in [-0.2, 0) is 15.8 Å². The molecule has 3 rings (SSSR count). The number of nitrogens with one attached hydrogen (secondary N) is 1. The summed E-state index contributed by atoms with van der Waals surface area (Å²) >= 11 is 0. The molecule has 0 bridgehead atoms. The summed E-state index contributed by atoms with van der Waals surface area (Å²) in [6.07, 6.45) is 5.69. The summed E-state index contributed by atoms with van der Waals surface area (Å²) in [7, 11) is 0. The van der Waals surface area contributed by atoms with Crippen molar-refractivity contribution < 1.29 is 14.3 Å². The number of rotatable bonds is 6. The molecule has 2 aromatic rings. The van der Waals surface area contributed by atoms with E-state index < -0.39 is 22.7 Å². The standard InChI is InChI=1S/C21H23FN4O2/c1-20(2,28)17-13-14(7-11-25-17)24-12-8-18(23)26-19(27)21(9-10-21)15-5-3-4-6-16(15)22/h3-8,11-13,28H,9-10H2,1-2H3,(H,24,25)(H2,23,26,27)/b12-8-. The molecule has 0 aliphatic heterocycles. The van der Waals surface area contributed by atoms with Crippen molar-refractivity contribution in [3.8, 4) is 0 Å². The van der Waals surface area contributed by atoms with Gasteiger partial charge in [0, 0.05) is 23.6 Å². The molecule has 1 aromatic carbocycles. The van der Waals surface area contributed by atoms with Crippen molar-refractivity contribution in [1.82, 2.24) is 4.98 Å². The Kier molecular flexibility index (Phi) is 5.29. The molecule has 28 heavy (non-hydrogen) atoms. The van der Waals surface area contributed by atoms with Crippen molar-refractivity contribution in [2.24, 2.45) is 10.7 Å². The highest BCUT2D eigenvalue weighted by molar-refractivity contribution is 6.04. The van der Waals surface area contributed by atoms with E-state index in [-0.39, 0.29) is 5.84 Å². The number of hydrogen-bond acceptors (Lipinski definition) is 4. The van der Waals surface area contributed by atoms with E-state index >= 15 is 0 Å². The minimum atomic E-state index is -1.06. The van der Waals surface area contributed by atoms with E-state index in [1.165, 1.54) is 18.3 Å². The molecule has 0 atom stereocenters. The molecule has 0 saturated heterocycles. The lowest BCUT2D eigenvalue weighted by Gasteiger charge is -2.16. The lowest BCUT2D eigenvalue weighted by molar-refractivity contribution is -0.120. The monoisotopic (exact) mass is 382 g/mol. The van der Waals surface area contributed by atoms with E-state index in [2.05, 4.69) is 15.3 Å². The fourth-order valence-electron chi connectivity index (χ4n) is 2.91. The first kappa shape index (κ1) is 19.7. The molecule has 1 fully saturated rings. The summed E-state index contributed by atoms with van der Waals surface area (Å²) < 4.78 is 14.1. The van der Waals surface area contributed by atoms with Gasteiger partial charge in [-0.2, -0.15) is 4.99 Å². The summed E-state index contributed by atoms with van der Waals surface area (Å²) in [4.78, 5) is 20.6. The predicted octanol–water partition coefficient (Wildman–Crippen LogP) is 2.99. The Morgan fingerprint density at radius 2 is 2.07 bits per heavy atom. The largest absolute Gasteiger partial charge is 0.384 e. The second-order valence-corrected chi connectivity index (χ2v) is 7.37. The number of carbonyl (C=O) groups is 1. The van der Waals surface area contributed by atoms with Crippen LogP contribution < -0.4 is 11.1 Å². The number of nitrogens with two attached hydrogens (primary N) is 1. The van der Waals surface area contributed by atoms with Gasteiger partial charge < -0.3 is 16.2 Å². The van der Waals surface area contributed by atoms with Gasteiger partial charge in [-0.3, -0.25) is 9.78 Å². The van der Waals surface area contributed by atoms with Gasteiger partial charge in [-0.05, 0) is 51.0 Å². The highest BCUT2D eigenvalue weighted by Gasteiger charge is 2.52. The van der Waals surface area contributed by atoms with Crippen LogP contribution in [0.15, 0.2) is 59.9 Å². The third-order valence-corrected chi connectivity index (χ3v) is 4.67. The topological polar surface area (TPSA) is 101 Å². The highest BCUT2D eigenvalue weighted by atomic mass is 19.1. The Labute approximate surface area is 163 Å². The predicted molar refractivity (Wildman–Crippen MR) is 106 cm³/mol. The number of aromatic nitrogens is 1. The Morgan fingerprint density at radius 1 is 1.36 bits per heavy atom. The highest BCUT2D eigenvalue weighted by Crippen LogP contribution is 2.50. The minimum Gasteiger partial charge on any atom is -0.384 e. The zero-order valence-corrected chi connectivity index (χ0v) is 15.8. The first-order chi connectivity index (χ1) is 13.2. The van der Waals surface area contributed by atoms with E-state index in [0.717, 1.165) is 0 Å². The maximum Gasteiger partial charge on any atom is 0.258 e. The van der Waals surface area contributed by atoms with Crippen molar-refractivity contribution in [1.29, 1.82) is 0 Å². The number of benzene rings is 1. The van der Waals surface area contributed by atoms with Crippen LogP contribution in [0.4, 0.5) is 10.1 Å². The fraction of sp³-hybridized carbons (Fsp3) is 0.286. The van der Waals surface area contributed by atoms with Gasteiger partial charge in [0.1, 0.15) is 17.3 Å². The summed E-state index contributed by atoms with van der Waals surface area (Å²) in [5.74, 6) is -0.815. The summed E-state index contributed by atoms with van der Waals surface area (Å²) in [6.45, 7) is 3.29. The number of amidine groups is 1. The summed E-state index contributed by atoms with van der Waals surface area (Å²) in [5, 5.41) is 13.0. The number of aliphatic imine (C=N–C) groups is 1. The van der Waals surface area contributed by atoms with Crippen LogP contribution in [0.2, 0.25) is 0 Å². The van der Waals surface area contributed by atoms with E-state index in [4.69, 9.17) is 5.73 Å². The van der Waals surface area contributed by atoms with Gasteiger partial charge in [0.25, 0.3) is 5.91 Å². The van der Waals surface area contributed by atoms with Crippen LogP contribution in [0.25, 0.3) is 0 Å². The van der Waals surface area contributed by atoms with Crippen molar-refractivity contribution in [2.45, 2.75) is 37.7 Å². The van der Waals surface area contributed by atoms with Gasteiger partial charge in [-0.25, -0.2) is 4.39 Å². The zero-order chi connectivity index (χ0) is 20.4. The maximum atomic E-state index is 14.1. The number of halogens is 1. The zero-order valence-electron chi connectivity index (χ0n) is 15.8. The molecule has 1 heterocycles. The number of hydrogen-bond donors (Lipinski definition) is 3. The Hall–Kier alpha value is -3.06. The smallest absolute Gasteiger partial charge is 0.258 e. The van der Waals surface area contributed by atoms with Crippen LogP contribution in [-0.4, -0.2) is 21.8 Å². The molecule has 0 spiro atoms. The molecule has 1 amide bonds. The molecule has 1 aliphatic carbocycles. The van der Waals surface area contributed by atoms with Gasteiger partial charge >= 0.3 is 0 Å². The molecule has 7 heteroatoms. The third kappa shape index (κ3) is 4.26. The second kappa shape index (κ2) is 7.52. The molecule has 1 aromatic heterocycles. The number of anilines is 1. The number of aliphatic hydroxyl groups is 1. The lowest BCUT2D eigenvalue weighted by Crippen LogP contribution is -2.23. The van der Waals surface area contributed by atoms with Crippen molar-refractivity contribution in [2.75, 3.05) is 5.32 Å². The number of carbonyl (C=O) groups excluding carboxylic acids is 1. The van der Waals surface area contributed by atoms with E-state index in [9.17, 15) is 14.3 Å². The van der Waals surface area contributed by atoms with Gasteiger partial charge in [0.15, 0.2) is 0 Å². The molecule has 146 valence electrons. The number of nitrogens with zero attached hydrogens (tertiary/aromatic N) is 2. The van der Waals surface area contributed by atoms with Crippen molar-refractivity contribution in [3.63, 3.8) is 0 Å². The van der Waals surface area contributed by atoms with Crippen LogP contribution in [0.3, 0.4) is 0 Å². The Balaban J connectivity index is 1.68. The Morgan fingerprint density at radius 3 is 2.71 bits per heavy atom. The quantitative estimate of drug-likeness (QED) is 0.527. The van der Waals surface area contributed by atoms with E-state index in [1.807, 2.05) is 0 Å². The lowest BCUT2D eigenvalue weighted by atomic mass is 9.94. The van der Waals surface area contributed by atoms with Gasteiger partial charge in [-0.1, -0.05) is 18.2 Å². The van der Waals surface area contributed by atoms with Gasteiger partial charge in [-0.15, -0.1) is 0 Å². The molecule has 1 saturated carbocycles. The first-order valence-corrected chi connectivity index (χ1v) is 8.98. The van der Waals surface area contributed by atoms with Crippen molar-refractivity contribution in [3.05, 3.63) is 71.9 Å². The van der Waals surface area contributed by atoms with E-state index in [0.29, 0.717) is 29.8 Å². The van der Waals surface area contributed by atoms with Crippen LogP contribution in [0.5, 0.6) is 0 Å². The molecular weight excluding hydrogens is 359 g/mol. The second-order valence-electron chi connectivity index (χ2n) is 7.37. The molecule has 1 aliphatic rings. The average molecular weight is 382 g/mol. The van der Waals surface area contributed by atoms with Crippen LogP contribution >= 0.6 is 0 Å². The van der Waals surface area contributed by atoms with E-state index in [1.54, 1.807) is 50.4 Å². The molecule has 0 radical (unpaired) electrons. The van der Waals surface area contributed by atoms with Crippen LogP contribution in [0, 0.1) is 5.82 Å². The average Bonchev–Trinajstić information content (AvgIpc) is 3.43. The molecule has 6 nitrogen and oxygen atoms in total. The Bertz CT molecular complexity index is 943. The van der Waals surface area contributed by atoms with Crippen LogP contribution in [0.1, 0.15) is 37.9 Å². The first-order valence-electron chi connectivity index (χ1n) is 8.98. The fourth-order valence-corrected chi connectivity index (χ4v) is 2.91. The third-order valence-electron chi connectivity index (χ3n) is 4.67. The number of pyridine rings is 1. The summed E-state index contributed by atoms with van der Waals surface area (Å²) in [5.41, 5.74) is 5.47. The minimum absolute atomic E-state index is 0.0249. The molecule has 4 N–H and O–H groups in total. The summed E-state index contributed by atoms with van der Waals surface area (Å²) in [6, 6.07) is 9.70. The maximum absolute atomic E-state index is 14.1.